The average Bonchev–Trinajstić information content (AvgIpc) is 3.38. The van der Waals surface area contributed by atoms with Crippen LogP contribution < -0.4 is 15.1 Å². The summed E-state index contributed by atoms with van der Waals surface area (Å²) >= 11 is 0. The van der Waals surface area contributed by atoms with E-state index in [-0.39, 0.29) is 23.7 Å². The van der Waals surface area contributed by atoms with Gasteiger partial charge >= 0.3 is 5.97 Å². The van der Waals surface area contributed by atoms with E-state index in [0.717, 1.165) is 48.3 Å². The highest BCUT2D eigenvalue weighted by molar-refractivity contribution is 6.24. The molecule has 2 amide bonds. The Balaban J connectivity index is 1.60. The molecule has 0 aromatic heterocycles. The third kappa shape index (κ3) is 4.22. The van der Waals surface area contributed by atoms with Crippen LogP contribution >= 0.6 is 0 Å². The van der Waals surface area contributed by atoms with E-state index in [1.165, 1.54) is 24.3 Å². The summed E-state index contributed by atoms with van der Waals surface area (Å²) in [6.45, 7) is 0. The molecular formula is C28H32N4O6. The predicted octanol–water partition coefficient (Wildman–Crippen LogP) is 3.90. The van der Waals surface area contributed by atoms with Crippen molar-refractivity contribution in [1.29, 1.82) is 0 Å². The molecule has 1 aliphatic carbocycles. The second-order valence-electron chi connectivity index (χ2n) is 10.9. The summed E-state index contributed by atoms with van der Waals surface area (Å²) < 4.78 is 0. The quantitative estimate of drug-likeness (QED) is 0.319. The van der Waals surface area contributed by atoms with Crippen molar-refractivity contribution < 1.29 is 24.4 Å². The van der Waals surface area contributed by atoms with Crippen LogP contribution in [0, 0.1) is 27.9 Å². The van der Waals surface area contributed by atoms with Crippen molar-refractivity contribution in [3.8, 4) is 0 Å². The smallest absolute Gasteiger partial charge is 0.324 e. The van der Waals surface area contributed by atoms with Crippen LogP contribution in [-0.4, -0.2) is 47.4 Å². The summed E-state index contributed by atoms with van der Waals surface area (Å²) in [5.74, 6) is -4.27. The van der Waals surface area contributed by atoms with E-state index >= 15 is 0 Å². The number of hydrogen-bond donors (Lipinski definition) is 2. The number of carboxylic acid groups (broad SMARTS) is 1. The highest BCUT2D eigenvalue weighted by atomic mass is 16.6. The van der Waals surface area contributed by atoms with Crippen LogP contribution in [0.15, 0.2) is 48.5 Å². The maximum atomic E-state index is 14.0. The van der Waals surface area contributed by atoms with Gasteiger partial charge in [0.15, 0.2) is 0 Å². The first kappa shape index (κ1) is 25.8. The molecule has 2 aliphatic heterocycles. The summed E-state index contributed by atoms with van der Waals surface area (Å²) in [5, 5.41) is 25.3. The molecule has 0 radical (unpaired) electrons. The molecule has 4 atom stereocenters. The molecule has 3 aliphatic rings. The van der Waals surface area contributed by atoms with Crippen molar-refractivity contribution in [2.24, 2.45) is 17.8 Å². The molecule has 2 N–H and O–H groups in total. The topological polar surface area (TPSA) is 133 Å². The molecule has 4 unspecified atom stereocenters. The van der Waals surface area contributed by atoms with Crippen molar-refractivity contribution in [3.63, 3.8) is 0 Å². The minimum Gasteiger partial charge on any atom is -0.480 e. The number of anilines is 2. The molecule has 5 rings (SSSR count). The molecule has 0 bridgehead atoms. The predicted molar refractivity (Wildman–Crippen MR) is 141 cm³/mol. The number of fused-ring (bicyclic) bond motifs is 1. The summed E-state index contributed by atoms with van der Waals surface area (Å²) in [4.78, 5) is 54.7. The molecule has 3 fully saturated rings. The van der Waals surface area contributed by atoms with Crippen LogP contribution in [0.4, 0.5) is 17.1 Å². The molecule has 0 spiro atoms. The lowest BCUT2D eigenvalue weighted by Gasteiger charge is -2.35. The Labute approximate surface area is 220 Å². The van der Waals surface area contributed by atoms with Gasteiger partial charge < -0.3 is 10.0 Å². The number of nitro benzene ring substituents is 1. The Kier molecular flexibility index (Phi) is 6.68. The van der Waals surface area contributed by atoms with Crippen LogP contribution in [-0.2, 0) is 14.4 Å². The third-order valence-electron chi connectivity index (χ3n) is 8.44. The molecule has 2 aromatic rings. The van der Waals surface area contributed by atoms with Crippen LogP contribution in [0.25, 0.3) is 0 Å². The normalized spacial score (nSPS) is 27.4. The highest BCUT2D eigenvalue weighted by Crippen LogP contribution is 2.53. The van der Waals surface area contributed by atoms with Gasteiger partial charge in [0.05, 0.1) is 22.4 Å². The monoisotopic (exact) mass is 520 g/mol. The number of amides is 2. The number of carboxylic acids is 1. The van der Waals surface area contributed by atoms with Gasteiger partial charge in [-0.1, -0.05) is 50.3 Å². The number of carbonyl (C=O) groups is 3. The van der Waals surface area contributed by atoms with Gasteiger partial charge in [-0.25, -0.2) is 4.90 Å². The van der Waals surface area contributed by atoms with Crippen LogP contribution in [0.1, 0.15) is 50.1 Å². The number of carbonyl (C=O) groups excluding carboxylic acids is 2. The van der Waals surface area contributed by atoms with E-state index in [4.69, 9.17) is 0 Å². The molecule has 2 heterocycles. The number of aliphatic carboxylic acids is 1. The number of imide groups is 1. The minimum absolute atomic E-state index is 0.0854. The first-order valence-corrected chi connectivity index (χ1v) is 13.0. The lowest BCUT2D eigenvalue weighted by atomic mass is 9.72. The maximum Gasteiger partial charge on any atom is 0.324 e. The summed E-state index contributed by atoms with van der Waals surface area (Å²) in [7, 11) is 3.82. The molecule has 10 nitrogen and oxygen atoms in total. The zero-order chi connectivity index (χ0) is 27.2. The Morgan fingerprint density at radius 2 is 1.79 bits per heavy atom. The summed E-state index contributed by atoms with van der Waals surface area (Å²) in [5.41, 5.74) is -0.121. The van der Waals surface area contributed by atoms with Gasteiger partial charge in [-0.2, -0.15) is 0 Å². The minimum atomic E-state index is -1.63. The van der Waals surface area contributed by atoms with Crippen molar-refractivity contribution in [2.75, 3.05) is 23.9 Å². The van der Waals surface area contributed by atoms with Crippen LogP contribution in [0.5, 0.6) is 0 Å². The van der Waals surface area contributed by atoms with Crippen molar-refractivity contribution in [2.45, 2.75) is 50.1 Å². The van der Waals surface area contributed by atoms with Gasteiger partial charge in [0.25, 0.3) is 5.69 Å². The Morgan fingerprint density at radius 3 is 2.39 bits per heavy atom. The van der Waals surface area contributed by atoms with Crippen LogP contribution in [0.3, 0.4) is 0 Å². The number of nitrogens with one attached hydrogen (secondary N) is 1. The number of hydrogen-bond acceptors (Lipinski definition) is 7. The van der Waals surface area contributed by atoms with E-state index in [9.17, 15) is 29.6 Å². The van der Waals surface area contributed by atoms with Crippen molar-refractivity contribution >= 4 is 34.8 Å². The van der Waals surface area contributed by atoms with E-state index in [1.807, 2.05) is 43.3 Å². The van der Waals surface area contributed by atoms with E-state index < -0.39 is 46.1 Å². The van der Waals surface area contributed by atoms with E-state index in [0.29, 0.717) is 0 Å². The number of benzene rings is 2. The zero-order valence-corrected chi connectivity index (χ0v) is 21.5. The first-order valence-electron chi connectivity index (χ1n) is 13.0. The van der Waals surface area contributed by atoms with E-state index in [1.54, 1.807) is 0 Å². The Morgan fingerprint density at radius 1 is 1.11 bits per heavy atom. The fourth-order valence-corrected chi connectivity index (χ4v) is 6.59. The molecule has 10 heteroatoms. The lowest BCUT2D eigenvalue weighted by molar-refractivity contribution is -0.384. The number of nitro groups is 1. The average molecular weight is 521 g/mol. The molecular weight excluding hydrogens is 488 g/mol. The van der Waals surface area contributed by atoms with Gasteiger partial charge in [-0.3, -0.25) is 29.8 Å². The number of non-ortho nitro benzene ring substituents is 1. The molecule has 1 saturated carbocycles. The van der Waals surface area contributed by atoms with Gasteiger partial charge in [-0.15, -0.1) is 0 Å². The number of nitrogens with zero attached hydrogens (tertiary/aromatic N) is 3. The SMILES string of the molecule is CN(C)c1ccc(C2NC(CC3CCCCC3)(C(=O)O)C3C(=O)N(c4cccc([N+](=O)[O-])c4)C(=O)C23)cc1. The van der Waals surface area contributed by atoms with Gasteiger partial charge in [0.1, 0.15) is 5.54 Å². The molecule has 2 aromatic carbocycles. The second kappa shape index (κ2) is 9.83. The Bertz CT molecular complexity index is 1270. The van der Waals surface area contributed by atoms with Gasteiger partial charge in [0.2, 0.25) is 11.8 Å². The second-order valence-corrected chi connectivity index (χ2v) is 10.9. The fourth-order valence-electron chi connectivity index (χ4n) is 6.59. The van der Waals surface area contributed by atoms with Gasteiger partial charge in [0, 0.05) is 38.0 Å². The lowest BCUT2D eigenvalue weighted by Crippen LogP contribution is -2.57. The third-order valence-corrected chi connectivity index (χ3v) is 8.44. The van der Waals surface area contributed by atoms with Crippen molar-refractivity contribution in [1.82, 2.24) is 5.32 Å². The largest absolute Gasteiger partial charge is 0.480 e. The first-order chi connectivity index (χ1) is 18.1. The standard InChI is InChI=1S/C28H32N4O6/c1-30(2)19-13-11-18(12-14-19)24-22-23(28(29-24,27(35)36)16-17-7-4-3-5-8-17)26(34)31(25(22)33)20-9-6-10-21(15-20)32(37)38/h6,9-15,17,22-24,29H,3-5,7-8,16H2,1-2H3,(H,35,36). The fraction of sp³-hybridized carbons (Fsp3) is 0.464. The Hall–Kier alpha value is -3.79. The van der Waals surface area contributed by atoms with Gasteiger partial charge in [-0.05, 0) is 36.1 Å². The summed E-state index contributed by atoms with van der Waals surface area (Å²) in [6, 6.07) is 12.2. The highest BCUT2D eigenvalue weighted by Gasteiger charge is 2.68. The molecule has 2 saturated heterocycles. The van der Waals surface area contributed by atoms with E-state index in [2.05, 4.69) is 5.32 Å². The summed E-state index contributed by atoms with van der Waals surface area (Å²) in [6.07, 6.45) is 5.14. The molecule has 38 heavy (non-hydrogen) atoms. The van der Waals surface area contributed by atoms with Crippen LogP contribution in [0.2, 0.25) is 0 Å². The van der Waals surface area contributed by atoms with Crippen molar-refractivity contribution in [3.05, 3.63) is 64.2 Å². The zero-order valence-electron chi connectivity index (χ0n) is 21.5. The number of rotatable bonds is 7. The molecule has 200 valence electrons. The maximum absolute atomic E-state index is 14.0.